The van der Waals surface area contributed by atoms with Gasteiger partial charge in [-0.1, -0.05) is 31.5 Å². The van der Waals surface area contributed by atoms with E-state index in [2.05, 4.69) is 16.6 Å². The third-order valence-electron chi connectivity index (χ3n) is 3.90. The van der Waals surface area contributed by atoms with Crippen molar-refractivity contribution in [1.29, 1.82) is 0 Å². The molecule has 2 N–H and O–H groups in total. The molecule has 2 rings (SSSR count). The molecule has 0 saturated heterocycles. The third-order valence-corrected chi connectivity index (χ3v) is 3.90. The number of alkyl halides is 2. The summed E-state index contributed by atoms with van der Waals surface area (Å²) in [5.41, 5.74) is 6.72. The monoisotopic (exact) mass is 298 g/mol. The van der Waals surface area contributed by atoms with E-state index in [-0.39, 0.29) is 11.8 Å². The molecule has 0 aliphatic heterocycles. The fraction of sp³-hybridized carbons (Fsp3) is 0.625. The largest absolute Gasteiger partial charge is 0.434 e. The quantitative estimate of drug-likeness (QED) is 0.757. The smallest absolute Gasteiger partial charge is 0.387 e. The molecule has 1 aliphatic carbocycles. The van der Waals surface area contributed by atoms with E-state index in [1.165, 1.54) is 0 Å². The second-order valence-electron chi connectivity index (χ2n) is 5.49. The Morgan fingerprint density at radius 2 is 2.05 bits per heavy atom. The molecule has 3 nitrogen and oxygen atoms in total. The van der Waals surface area contributed by atoms with Crippen LogP contribution in [0.4, 0.5) is 8.78 Å². The molecule has 5 heteroatoms. The average Bonchev–Trinajstić information content (AvgIpc) is 3.28. The van der Waals surface area contributed by atoms with Gasteiger partial charge in [-0.2, -0.15) is 8.78 Å². The fourth-order valence-corrected chi connectivity index (χ4v) is 2.74. The number of unbranched alkanes of at least 4 members (excludes halogenated alkanes) is 1. The zero-order valence-electron chi connectivity index (χ0n) is 12.5. The SMILES string of the molecule is CCCCN(C1CC1)C(CN)c1ccccc1OC(F)F. The lowest BCUT2D eigenvalue weighted by atomic mass is 10.0. The molecule has 1 unspecified atom stereocenters. The van der Waals surface area contributed by atoms with Crippen LogP contribution in [0, 0.1) is 0 Å². The lowest BCUT2D eigenvalue weighted by Gasteiger charge is -2.32. The van der Waals surface area contributed by atoms with E-state index in [1.807, 2.05) is 12.1 Å². The number of rotatable bonds is 9. The molecule has 1 fully saturated rings. The summed E-state index contributed by atoms with van der Waals surface area (Å²) in [5.74, 6) is 0.241. The minimum atomic E-state index is -2.81. The zero-order chi connectivity index (χ0) is 15.2. The Labute approximate surface area is 125 Å². The molecular weight excluding hydrogens is 274 g/mol. The standard InChI is InChI=1S/C16H24F2N2O/c1-2-3-10-20(12-8-9-12)14(11-19)13-6-4-5-7-15(13)21-16(17)18/h4-7,12,14,16H,2-3,8-11,19H2,1H3. The highest BCUT2D eigenvalue weighted by atomic mass is 19.3. The zero-order valence-corrected chi connectivity index (χ0v) is 12.5. The maximum atomic E-state index is 12.6. The molecule has 0 heterocycles. The number of ether oxygens (including phenoxy) is 1. The van der Waals surface area contributed by atoms with Crippen LogP contribution in [0.3, 0.4) is 0 Å². The highest BCUT2D eigenvalue weighted by Crippen LogP contribution is 2.37. The summed E-state index contributed by atoms with van der Waals surface area (Å²) in [6, 6.07) is 7.47. The van der Waals surface area contributed by atoms with Crippen molar-refractivity contribution < 1.29 is 13.5 Å². The minimum absolute atomic E-state index is 0.0565. The number of benzene rings is 1. The van der Waals surface area contributed by atoms with Gasteiger partial charge in [0.2, 0.25) is 0 Å². The maximum Gasteiger partial charge on any atom is 0.387 e. The molecule has 118 valence electrons. The van der Waals surface area contributed by atoms with Crippen molar-refractivity contribution in [2.75, 3.05) is 13.1 Å². The molecular formula is C16H24F2N2O. The summed E-state index contributed by atoms with van der Waals surface area (Å²) >= 11 is 0. The molecule has 21 heavy (non-hydrogen) atoms. The molecule has 1 atom stereocenters. The van der Waals surface area contributed by atoms with Crippen molar-refractivity contribution >= 4 is 0 Å². The molecule has 0 amide bonds. The Hall–Kier alpha value is -1.20. The van der Waals surface area contributed by atoms with Crippen molar-refractivity contribution in [2.45, 2.75) is 51.3 Å². The van der Waals surface area contributed by atoms with Crippen LogP contribution in [-0.2, 0) is 0 Å². The van der Waals surface area contributed by atoms with E-state index >= 15 is 0 Å². The van der Waals surface area contributed by atoms with Gasteiger partial charge in [-0.05, 0) is 31.9 Å². The number of hydrogen-bond acceptors (Lipinski definition) is 3. The van der Waals surface area contributed by atoms with Crippen molar-refractivity contribution in [2.24, 2.45) is 5.73 Å². The van der Waals surface area contributed by atoms with Gasteiger partial charge < -0.3 is 10.5 Å². The van der Waals surface area contributed by atoms with Crippen LogP contribution < -0.4 is 10.5 Å². The summed E-state index contributed by atoms with van der Waals surface area (Å²) < 4.78 is 29.8. The maximum absolute atomic E-state index is 12.6. The van der Waals surface area contributed by atoms with Crippen molar-refractivity contribution in [3.05, 3.63) is 29.8 Å². The first kappa shape index (κ1) is 16.2. The van der Waals surface area contributed by atoms with Gasteiger partial charge in [0, 0.05) is 18.2 Å². The first-order valence-electron chi connectivity index (χ1n) is 7.67. The van der Waals surface area contributed by atoms with E-state index in [1.54, 1.807) is 12.1 Å². The Morgan fingerprint density at radius 1 is 1.33 bits per heavy atom. The van der Waals surface area contributed by atoms with Crippen LogP contribution in [-0.4, -0.2) is 30.6 Å². The van der Waals surface area contributed by atoms with Crippen molar-refractivity contribution in [1.82, 2.24) is 4.90 Å². The topological polar surface area (TPSA) is 38.5 Å². The van der Waals surface area contributed by atoms with E-state index in [0.29, 0.717) is 12.6 Å². The number of para-hydroxylation sites is 1. The van der Waals surface area contributed by atoms with Gasteiger partial charge in [-0.25, -0.2) is 0 Å². The predicted molar refractivity (Wildman–Crippen MR) is 79.5 cm³/mol. The predicted octanol–water partition coefficient (Wildman–Crippen LogP) is 3.55. The molecule has 0 spiro atoms. The lowest BCUT2D eigenvalue weighted by Crippen LogP contribution is -2.36. The number of hydrogen-bond donors (Lipinski definition) is 1. The van der Waals surface area contributed by atoms with Crippen LogP contribution in [0.25, 0.3) is 0 Å². The molecule has 0 radical (unpaired) electrons. The molecule has 1 aromatic rings. The van der Waals surface area contributed by atoms with Gasteiger partial charge in [0.05, 0.1) is 6.04 Å². The summed E-state index contributed by atoms with van der Waals surface area (Å²) in [6.07, 6.45) is 4.52. The Balaban J connectivity index is 2.22. The van der Waals surface area contributed by atoms with Gasteiger partial charge in [0.15, 0.2) is 0 Å². The first-order valence-corrected chi connectivity index (χ1v) is 7.67. The summed E-state index contributed by atoms with van der Waals surface area (Å²) in [4.78, 5) is 2.36. The van der Waals surface area contributed by atoms with E-state index in [4.69, 9.17) is 5.73 Å². The Morgan fingerprint density at radius 3 is 2.62 bits per heavy atom. The molecule has 0 bridgehead atoms. The minimum Gasteiger partial charge on any atom is -0.434 e. The van der Waals surface area contributed by atoms with E-state index in [0.717, 1.165) is 37.8 Å². The number of halogens is 2. The van der Waals surface area contributed by atoms with E-state index in [9.17, 15) is 8.78 Å². The van der Waals surface area contributed by atoms with Gasteiger partial charge in [-0.15, -0.1) is 0 Å². The van der Waals surface area contributed by atoms with Gasteiger partial charge in [0.25, 0.3) is 0 Å². The summed E-state index contributed by atoms with van der Waals surface area (Å²) in [7, 11) is 0. The second kappa shape index (κ2) is 7.71. The highest BCUT2D eigenvalue weighted by Gasteiger charge is 2.34. The summed E-state index contributed by atoms with van der Waals surface area (Å²) in [5, 5.41) is 0. The Bertz CT molecular complexity index is 438. The van der Waals surface area contributed by atoms with Crippen LogP contribution in [0.1, 0.15) is 44.2 Å². The van der Waals surface area contributed by atoms with Crippen LogP contribution in [0.15, 0.2) is 24.3 Å². The lowest BCUT2D eigenvalue weighted by molar-refractivity contribution is -0.0512. The second-order valence-corrected chi connectivity index (χ2v) is 5.49. The molecule has 1 aromatic carbocycles. The number of nitrogens with two attached hydrogens (primary N) is 1. The van der Waals surface area contributed by atoms with Crippen molar-refractivity contribution in [3.8, 4) is 5.75 Å². The molecule has 1 aliphatic rings. The number of nitrogens with zero attached hydrogens (tertiary/aromatic N) is 1. The average molecular weight is 298 g/mol. The molecule has 1 saturated carbocycles. The third kappa shape index (κ3) is 4.38. The van der Waals surface area contributed by atoms with Gasteiger partial charge in [0.1, 0.15) is 5.75 Å². The van der Waals surface area contributed by atoms with E-state index < -0.39 is 6.61 Å². The van der Waals surface area contributed by atoms with Crippen LogP contribution in [0.5, 0.6) is 5.75 Å². The van der Waals surface area contributed by atoms with Crippen molar-refractivity contribution in [3.63, 3.8) is 0 Å². The van der Waals surface area contributed by atoms with Gasteiger partial charge in [-0.3, -0.25) is 4.90 Å². The summed E-state index contributed by atoms with van der Waals surface area (Å²) in [6.45, 7) is 0.696. The van der Waals surface area contributed by atoms with Crippen LogP contribution in [0.2, 0.25) is 0 Å². The fourth-order valence-electron chi connectivity index (χ4n) is 2.74. The normalized spacial score (nSPS) is 16.5. The first-order chi connectivity index (χ1) is 10.2. The van der Waals surface area contributed by atoms with Crippen LogP contribution >= 0.6 is 0 Å². The Kier molecular flexibility index (Phi) is 5.94. The molecule has 0 aromatic heterocycles. The van der Waals surface area contributed by atoms with Gasteiger partial charge >= 0.3 is 6.61 Å². The highest BCUT2D eigenvalue weighted by molar-refractivity contribution is 5.36.